The Balaban J connectivity index is 1.61. The quantitative estimate of drug-likeness (QED) is 0.229. The molecule has 3 aromatic rings. The number of ether oxygens (including phenoxy) is 1. The van der Waals surface area contributed by atoms with Crippen molar-refractivity contribution in [2.24, 2.45) is 4.99 Å². The number of hydrogen-bond acceptors (Lipinski definition) is 5. The highest BCUT2D eigenvalue weighted by atomic mass is 127. The fourth-order valence-corrected chi connectivity index (χ4v) is 5.43. The van der Waals surface area contributed by atoms with Gasteiger partial charge in [0.15, 0.2) is 0 Å². The Morgan fingerprint density at radius 3 is 2.83 bits per heavy atom. The molecular weight excluding hydrogens is 507 g/mol. The van der Waals surface area contributed by atoms with E-state index in [2.05, 4.69) is 57.8 Å². The fraction of sp³-hybridized carbons (Fsp3) is 0.250. The third-order valence-corrected chi connectivity index (χ3v) is 6.82. The van der Waals surface area contributed by atoms with Gasteiger partial charge >= 0.3 is 5.97 Å². The lowest BCUT2D eigenvalue weighted by Crippen LogP contribution is -2.29. The minimum Gasteiger partial charge on any atom is -0.462 e. The highest BCUT2D eigenvalue weighted by Gasteiger charge is 2.28. The van der Waals surface area contributed by atoms with E-state index in [0.29, 0.717) is 12.2 Å². The van der Waals surface area contributed by atoms with Crippen LogP contribution < -0.4 is 0 Å². The number of benzene rings is 2. The molecule has 0 bridgehead atoms. The van der Waals surface area contributed by atoms with Crippen molar-refractivity contribution in [1.29, 1.82) is 0 Å². The van der Waals surface area contributed by atoms with Gasteiger partial charge in [0.05, 0.1) is 12.2 Å². The Hall–Kier alpha value is -2.03. The summed E-state index contributed by atoms with van der Waals surface area (Å²) in [7, 11) is 0. The van der Waals surface area contributed by atoms with E-state index in [1.165, 1.54) is 10.4 Å². The van der Waals surface area contributed by atoms with Crippen LogP contribution in [0.15, 0.2) is 59.6 Å². The lowest BCUT2D eigenvalue weighted by molar-refractivity contribution is 0.0526. The molecule has 1 aliphatic rings. The molecule has 2 heterocycles. The standard InChI is InChI=1S/C24H23IN2O2S/c1-2-29-24(28)22-20-11-12-27(15-17-7-4-3-5-8-17)16-21(20)30-23(22)26-14-18-9-6-10-19(25)13-18/h3-10,13-14H,2,11-12,15-16H2,1H3. The van der Waals surface area contributed by atoms with Gasteiger partial charge in [-0.25, -0.2) is 9.79 Å². The molecule has 4 nitrogen and oxygen atoms in total. The summed E-state index contributed by atoms with van der Waals surface area (Å²) in [6, 6.07) is 18.7. The van der Waals surface area contributed by atoms with Crippen molar-refractivity contribution in [3.05, 3.63) is 85.3 Å². The SMILES string of the molecule is CCOC(=O)c1c(N=Cc2cccc(I)c2)sc2c1CCN(Cc1ccccc1)C2. The fourth-order valence-electron chi connectivity index (χ4n) is 3.64. The summed E-state index contributed by atoms with van der Waals surface area (Å²) in [6.45, 7) is 4.87. The van der Waals surface area contributed by atoms with Crippen molar-refractivity contribution in [3.63, 3.8) is 0 Å². The van der Waals surface area contributed by atoms with Crippen LogP contribution in [0.5, 0.6) is 0 Å². The van der Waals surface area contributed by atoms with Gasteiger partial charge in [-0.05, 0) is 64.8 Å². The Kier molecular flexibility index (Phi) is 6.97. The van der Waals surface area contributed by atoms with Gasteiger partial charge < -0.3 is 4.74 Å². The zero-order chi connectivity index (χ0) is 20.9. The van der Waals surface area contributed by atoms with E-state index in [-0.39, 0.29) is 5.97 Å². The maximum absolute atomic E-state index is 12.7. The zero-order valence-electron chi connectivity index (χ0n) is 16.8. The van der Waals surface area contributed by atoms with Gasteiger partial charge in [0.1, 0.15) is 5.00 Å². The van der Waals surface area contributed by atoms with Crippen LogP contribution in [0, 0.1) is 3.57 Å². The molecule has 0 aliphatic carbocycles. The second kappa shape index (κ2) is 9.85. The molecule has 0 amide bonds. The molecule has 0 atom stereocenters. The average Bonchev–Trinajstić information content (AvgIpc) is 3.11. The van der Waals surface area contributed by atoms with E-state index >= 15 is 0 Å². The minimum absolute atomic E-state index is 0.263. The number of rotatable bonds is 6. The number of halogens is 1. The lowest BCUT2D eigenvalue weighted by Gasteiger charge is -2.27. The largest absolute Gasteiger partial charge is 0.462 e. The molecule has 154 valence electrons. The Labute approximate surface area is 194 Å². The number of thiophene rings is 1. The van der Waals surface area contributed by atoms with E-state index in [1.54, 1.807) is 11.3 Å². The highest BCUT2D eigenvalue weighted by Crippen LogP contribution is 2.39. The number of carbonyl (C=O) groups is 1. The van der Waals surface area contributed by atoms with Crippen LogP contribution in [0.2, 0.25) is 0 Å². The van der Waals surface area contributed by atoms with Gasteiger partial charge in [0.25, 0.3) is 0 Å². The molecule has 2 aromatic carbocycles. The van der Waals surface area contributed by atoms with Crippen molar-refractivity contribution < 1.29 is 9.53 Å². The molecule has 1 aliphatic heterocycles. The molecule has 30 heavy (non-hydrogen) atoms. The summed E-state index contributed by atoms with van der Waals surface area (Å²) in [4.78, 5) is 21.1. The third-order valence-electron chi connectivity index (χ3n) is 5.03. The predicted octanol–water partition coefficient (Wildman–Crippen LogP) is 5.84. The smallest absolute Gasteiger partial charge is 0.341 e. The average molecular weight is 530 g/mol. The lowest BCUT2D eigenvalue weighted by atomic mass is 10.0. The second-order valence-electron chi connectivity index (χ2n) is 7.16. The number of carbonyl (C=O) groups excluding carboxylic acids is 1. The summed E-state index contributed by atoms with van der Waals surface area (Å²) < 4.78 is 6.52. The molecular formula is C24H23IN2O2S. The summed E-state index contributed by atoms with van der Waals surface area (Å²) >= 11 is 3.90. The zero-order valence-corrected chi connectivity index (χ0v) is 19.8. The molecule has 0 saturated heterocycles. The Bertz CT molecular complexity index is 1060. The molecule has 0 unspecified atom stereocenters. The third kappa shape index (κ3) is 4.99. The number of aliphatic imine (C=N–C) groups is 1. The summed E-state index contributed by atoms with van der Waals surface area (Å²) in [6.07, 6.45) is 2.68. The number of fused-ring (bicyclic) bond motifs is 1. The number of esters is 1. The van der Waals surface area contributed by atoms with Crippen LogP contribution in [-0.2, 0) is 24.2 Å². The van der Waals surface area contributed by atoms with E-state index in [9.17, 15) is 4.79 Å². The van der Waals surface area contributed by atoms with Crippen LogP contribution in [0.4, 0.5) is 5.00 Å². The van der Waals surface area contributed by atoms with Gasteiger partial charge in [-0.2, -0.15) is 0 Å². The normalized spacial score (nSPS) is 14.1. The van der Waals surface area contributed by atoms with E-state index in [1.807, 2.05) is 37.4 Å². The van der Waals surface area contributed by atoms with Gasteiger partial charge in [-0.3, -0.25) is 4.90 Å². The first-order chi connectivity index (χ1) is 14.6. The molecule has 1 aromatic heterocycles. The minimum atomic E-state index is -0.263. The number of nitrogens with zero attached hydrogens (tertiary/aromatic N) is 2. The van der Waals surface area contributed by atoms with Crippen LogP contribution in [0.3, 0.4) is 0 Å². The number of hydrogen-bond donors (Lipinski definition) is 0. The molecule has 0 N–H and O–H groups in total. The van der Waals surface area contributed by atoms with Gasteiger partial charge in [-0.1, -0.05) is 42.5 Å². The molecule has 0 saturated carbocycles. The molecule has 4 rings (SSSR count). The van der Waals surface area contributed by atoms with Crippen LogP contribution in [0.25, 0.3) is 0 Å². The van der Waals surface area contributed by atoms with Crippen molar-refractivity contribution >= 4 is 51.1 Å². The maximum Gasteiger partial charge on any atom is 0.341 e. The van der Waals surface area contributed by atoms with E-state index in [4.69, 9.17) is 9.73 Å². The predicted molar refractivity (Wildman–Crippen MR) is 131 cm³/mol. The van der Waals surface area contributed by atoms with Crippen molar-refractivity contribution in [3.8, 4) is 0 Å². The van der Waals surface area contributed by atoms with Crippen LogP contribution in [0.1, 0.15) is 38.8 Å². The first-order valence-electron chi connectivity index (χ1n) is 10.0. The first kappa shape index (κ1) is 21.2. The molecule has 0 spiro atoms. The second-order valence-corrected chi connectivity index (χ2v) is 9.49. The summed E-state index contributed by atoms with van der Waals surface area (Å²) in [5, 5.41) is 0.749. The maximum atomic E-state index is 12.7. The van der Waals surface area contributed by atoms with Crippen molar-refractivity contribution in [2.45, 2.75) is 26.4 Å². The van der Waals surface area contributed by atoms with Crippen LogP contribution in [-0.4, -0.2) is 30.2 Å². The Morgan fingerprint density at radius 1 is 1.23 bits per heavy atom. The van der Waals surface area contributed by atoms with Gasteiger partial charge in [0, 0.05) is 34.3 Å². The summed E-state index contributed by atoms with van der Waals surface area (Å²) in [5.74, 6) is -0.263. The van der Waals surface area contributed by atoms with Crippen molar-refractivity contribution in [1.82, 2.24) is 4.90 Å². The molecule has 6 heteroatoms. The van der Waals surface area contributed by atoms with Crippen molar-refractivity contribution in [2.75, 3.05) is 13.2 Å². The van der Waals surface area contributed by atoms with E-state index < -0.39 is 0 Å². The first-order valence-corrected chi connectivity index (χ1v) is 11.9. The summed E-state index contributed by atoms with van der Waals surface area (Å²) in [5.41, 5.74) is 4.09. The Morgan fingerprint density at radius 2 is 2.07 bits per heavy atom. The highest BCUT2D eigenvalue weighted by molar-refractivity contribution is 14.1. The van der Waals surface area contributed by atoms with Gasteiger partial charge in [0.2, 0.25) is 0 Å². The molecule has 0 radical (unpaired) electrons. The van der Waals surface area contributed by atoms with Gasteiger partial charge in [-0.15, -0.1) is 11.3 Å². The van der Waals surface area contributed by atoms with E-state index in [0.717, 1.165) is 45.8 Å². The topological polar surface area (TPSA) is 41.9 Å². The molecule has 0 fully saturated rings. The van der Waals surface area contributed by atoms with Crippen LogP contribution >= 0.6 is 33.9 Å². The monoisotopic (exact) mass is 530 g/mol.